The smallest absolute Gasteiger partial charge is 0.340 e. The number of rotatable bonds is 3. The Morgan fingerprint density at radius 3 is 2.41 bits per heavy atom. The van der Waals surface area contributed by atoms with Gasteiger partial charge in [-0.15, -0.1) is 0 Å². The highest BCUT2D eigenvalue weighted by atomic mass is 16.6. The van der Waals surface area contributed by atoms with Gasteiger partial charge in [0.2, 0.25) is 0 Å². The van der Waals surface area contributed by atoms with E-state index in [1.54, 1.807) is 0 Å². The summed E-state index contributed by atoms with van der Waals surface area (Å²) in [7, 11) is 0. The number of nitrogens with zero attached hydrogens (tertiary/aromatic N) is 1. The van der Waals surface area contributed by atoms with Gasteiger partial charge >= 0.3 is 5.97 Å². The number of hydrogen-bond donors (Lipinski definition) is 0. The van der Waals surface area contributed by atoms with E-state index in [0.717, 1.165) is 57.7 Å². The van der Waals surface area contributed by atoms with Gasteiger partial charge in [0.1, 0.15) is 11.5 Å². The number of esters is 1. The van der Waals surface area contributed by atoms with Crippen molar-refractivity contribution in [3.63, 3.8) is 0 Å². The van der Waals surface area contributed by atoms with E-state index >= 15 is 0 Å². The van der Waals surface area contributed by atoms with Crippen LogP contribution < -0.4 is 9.64 Å². The fraction of sp³-hybridized carbons (Fsp3) is 0.179. The molecule has 4 heteroatoms. The number of fused-ring (bicyclic) bond motifs is 8. The molecule has 0 fully saturated rings. The maximum Gasteiger partial charge on any atom is 0.340 e. The van der Waals surface area contributed by atoms with Crippen molar-refractivity contribution in [3.05, 3.63) is 101 Å². The van der Waals surface area contributed by atoms with Gasteiger partial charge in [-0.25, -0.2) is 4.79 Å². The molecule has 0 aromatic heterocycles. The van der Waals surface area contributed by atoms with Crippen LogP contribution in [0.25, 0.3) is 10.8 Å². The lowest BCUT2D eigenvalue weighted by Crippen LogP contribution is -2.33. The molecule has 0 aliphatic carbocycles. The number of hydrogen-bond acceptors (Lipinski definition) is 4. The molecule has 2 heterocycles. The molecule has 0 radical (unpaired) electrons. The largest absolute Gasteiger partial charge is 0.456 e. The van der Waals surface area contributed by atoms with Crippen LogP contribution in [0.15, 0.2) is 78.9 Å². The molecule has 1 unspecified atom stereocenters. The van der Waals surface area contributed by atoms with Crippen LogP contribution in [-0.2, 0) is 10.3 Å². The van der Waals surface area contributed by atoms with Crippen LogP contribution in [0.2, 0.25) is 0 Å². The molecule has 4 aromatic carbocycles. The van der Waals surface area contributed by atoms with Gasteiger partial charge in [-0.3, -0.25) is 0 Å². The number of ether oxygens (including phenoxy) is 2. The summed E-state index contributed by atoms with van der Waals surface area (Å²) >= 11 is 0. The molecule has 4 nitrogen and oxygen atoms in total. The van der Waals surface area contributed by atoms with E-state index in [1.807, 2.05) is 42.5 Å². The van der Waals surface area contributed by atoms with E-state index in [-0.39, 0.29) is 5.97 Å². The predicted octanol–water partition coefficient (Wildman–Crippen LogP) is 6.25. The van der Waals surface area contributed by atoms with Crippen LogP contribution in [0.1, 0.15) is 40.9 Å². The highest BCUT2D eigenvalue weighted by molar-refractivity contribution is 5.99. The van der Waals surface area contributed by atoms with Gasteiger partial charge in [0.05, 0.1) is 5.56 Å². The molecule has 0 saturated carbocycles. The third kappa shape index (κ3) is 2.41. The SMILES string of the molecule is CCN(CC)c1ccc2c(c1)Oc1c(ccc3ccccc13)C21OC(=O)c2ccccc21. The Bertz CT molecular complexity index is 1390. The first-order valence-corrected chi connectivity index (χ1v) is 11.1. The summed E-state index contributed by atoms with van der Waals surface area (Å²) < 4.78 is 12.9. The van der Waals surface area contributed by atoms with Crippen molar-refractivity contribution in [1.29, 1.82) is 0 Å². The molecule has 0 N–H and O–H groups in total. The van der Waals surface area contributed by atoms with Gasteiger partial charge in [0.15, 0.2) is 5.60 Å². The number of carbonyl (C=O) groups excluding carboxylic acids is 1. The zero-order valence-electron chi connectivity index (χ0n) is 18.1. The summed E-state index contributed by atoms with van der Waals surface area (Å²) in [5.41, 5.74) is 3.24. The Morgan fingerprint density at radius 1 is 0.812 bits per heavy atom. The Hall–Kier alpha value is -3.79. The summed E-state index contributed by atoms with van der Waals surface area (Å²) in [5, 5.41) is 2.09. The van der Waals surface area contributed by atoms with Crippen LogP contribution in [0.4, 0.5) is 5.69 Å². The standard InChI is InChI=1S/C28H23NO3/c1-3-29(4-2)19-14-16-23-25(17-19)31-26-20-10-6-5-9-18(20)13-15-24(26)28(23)22-12-8-7-11-21(22)27(30)32-28/h5-17H,3-4H2,1-2H3. The first-order chi connectivity index (χ1) is 15.7. The minimum Gasteiger partial charge on any atom is -0.456 e. The molecule has 1 spiro atoms. The number of carbonyl (C=O) groups is 1. The average molecular weight is 421 g/mol. The second kappa shape index (κ2) is 6.86. The van der Waals surface area contributed by atoms with E-state index < -0.39 is 5.60 Å². The van der Waals surface area contributed by atoms with Gasteiger partial charge in [0.25, 0.3) is 0 Å². The Balaban J connectivity index is 1.69. The molecule has 158 valence electrons. The second-order valence-corrected chi connectivity index (χ2v) is 8.23. The lowest BCUT2D eigenvalue weighted by Gasteiger charge is -2.37. The average Bonchev–Trinajstić information content (AvgIpc) is 3.13. The predicted molar refractivity (Wildman–Crippen MR) is 126 cm³/mol. The first kappa shape index (κ1) is 18.9. The van der Waals surface area contributed by atoms with Crippen molar-refractivity contribution in [2.75, 3.05) is 18.0 Å². The molecular formula is C28H23NO3. The van der Waals surface area contributed by atoms with E-state index in [4.69, 9.17) is 9.47 Å². The summed E-state index contributed by atoms with van der Waals surface area (Å²) in [4.78, 5) is 15.3. The Kier molecular flexibility index (Phi) is 4.06. The van der Waals surface area contributed by atoms with E-state index in [9.17, 15) is 4.79 Å². The van der Waals surface area contributed by atoms with Crippen molar-refractivity contribution in [2.24, 2.45) is 0 Å². The molecule has 2 aliphatic heterocycles. The van der Waals surface area contributed by atoms with Crippen LogP contribution in [0.3, 0.4) is 0 Å². The summed E-state index contributed by atoms with van der Waals surface area (Å²) in [6, 6.07) is 26.2. The van der Waals surface area contributed by atoms with Crippen molar-refractivity contribution >= 4 is 22.4 Å². The van der Waals surface area contributed by atoms with Gasteiger partial charge < -0.3 is 14.4 Å². The van der Waals surface area contributed by atoms with Gasteiger partial charge in [-0.2, -0.15) is 0 Å². The Labute approximate surface area is 187 Å². The Morgan fingerprint density at radius 2 is 1.56 bits per heavy atom. The van der Waals surface area contributed by atoms with Crippen molar-refractivity contribution < 1.29 is 14.3 Å². The van der Waals surface area contributed by atoms with Gasteiger partial charge in [0, 0.05) is 46.9 Å². The zero-order valence-corrected chi connectivity index (χ0v) is 18.1. The van der Waals surface area contributed by atoms with Crippen LogP contribution in [0.5, 0.6) is 11.5 Å². The van der Waals surface area contributed by atoms with E-state index in [0.29, 0.717) is 5.56 Å². The highest BCUT2D eigenvalue weighted by Gasteiger charge is 2.53. The number of benzene rings is 4. The number of anilines is 1. The minimum atomic E-state index is -1.03. The molecule has 1 atom stereocenters. The maximum atomic E-state index is 13.0. The zero-order chi connectivity index (χ0) is 21.9. The first-order valence-electron chi connectivity index (χ1n) is 11.1. The molecule has 6 rings (SSSR count). The lowest BCUT2D eigenvalue weighted by atomic mass is 9.77. The molecular weight excluding hydrogens is 398 g/mol. The van der Waals surface area contributed by atoms with Gasteiger partial charge in [-0.1, -0.05) is 48.5 Å². The molecule has 0 saturated heterocycles. The van der Waals surface area contributed by atoms with Crippen LogP contribution >= 0.6 is 0 Å². The topological polar surface area (TPSA) is 38.8 Å². The maximum absolute atomic E-state index is 13.0. The third-order valence-corrected chi connectivity index (χ3v) is 6.72. The fourth-order valence-corrected chi connectivity index (χ4v) is 5.17. The normalized spacial score (nSPS) is 18.0. The van der Waals surface area contributed by atoms with Crippen molar-refractivity contribution in [3.8, 4) is 11.5 Å². The van der Waals surface area contributed by atoms with Crippen molar-refractivity contribution in [2.45, 2.75) is 19.4 Å². The van der Waals surface area contributed by atoms with E-state index in [1.165, 1.54) is 0 Å². The summed E-state index contributed by atoms with van der Waals surface area (Å²) in [6.45, 7) is 6.09. The lowest BCUT2D eigenvalue weighted by molar-refractivity contribution is 0.0225. The summed E-state index contributed by atoms with van der Waals surface area (Å²) in [5.74, 6) is 1.17. The fourth-order valence-electron chi connectivity index (χ4n) is 5.17. The molecule has 2 aliphatic rings. The molecule has 0 bridgehead atoms. The highest BCUT2D eigenvalue weighted by Crippen LogP contribution is 2.57. The van der Waals surface area contributed by atoms with Crippen LogP contribution in [0, 0.1) is 0 Å². The quantitative estimate of drug-likeness (QED) is 0.366. The molecule has 4 aromatic rings. The van der Waals surface area contributed by atoms with Crippen LogP contribution in [-0.4, -0.2) is 19.1 Å². The minimum absolute atomic E-state index is 0.305. The second-order valence-electron chi connectivity index (χ2n) is 8.23. The molecule has 0 amide bonds. The molecule has 32 heavy (non-hydrogen) atoms. The van der Waals surface area contributed by atoms with E-state index in [2.05, 4.69) is 55.1 Å². The summed E-state index contributed by atoms with van der Waals surface area (Å²) in [6.07, 6.45) is 0. The van der Waals surface area contributed by atoms with Gasteiger partial charge in [-0.05, 0) is 43.5 Å². The van der Waals surface area contributed by atoms with Crippen molar-refractivity contribution in [1.82, 2.24) is 0 Å². The third-order valence-electron chi connectivity index (χ3n) is 6.72. The monoisotopic (exact) mass is 421 g/mol.